The number of nitrogens with zero attached hydrogens (tertiary/aromatic N) is 3. The first-order chi connectivity index (χ1) is 11.6. The largest absolute Gasteiger partial charge is 0.396 e. The molecule has 0 amide bonds. The van der Waals surface area contributed by atoms with E-state index in [1.54, 1.807) is 19.1 Å². The number of halogens is 1. The molecule has 1 heterocycles. The molecule has 0 atom stereocenters. The zero-order valence-corrected chi connectivity index (χ0v) is 14.2. The van der Waals surface area contributed by atoms with Crippen LogP contribution in [0, 0.1) is 18.7 Å². The van der Waals surface area contributed by atoms with Crippen molar-refractivity contribution in [2.75, 3.05) is 13.7 Å². The molecule has 3 rings (SSSR count). The molecule has 1 aliphatic carbocycles. The van der Waals surface area contributed by atoms with E-state index in [1.165, 1.54) is 6.07 Å². The highest BCUT2D eigenvalue weighted by atomic mass is 19.1. The fraction of sp³-hybridized carbons (Fsp3) is 0.556. The summed E-state index contributed by atoms with van der Waals surface area (Å²) in [5, 5.41) is 13.2. The van der Waals surface area contributed by atoms with Crippen LogP contribution in [0.15, 0.2) is 22.7 Å². The first-order valence-corrected chi connectivity index (χ1v) is 8.47. The molecule has 5 nitrogen and oxygen atoms in total. The quantitative estimate of drug-likeness (QED) is 0.910. The molecule has 130 valence electrons. The van der Waals surface area contributed by atoms with E-state index in [0.29, 0.717) is 41.3 Å². The molecule has 6 heteroatoms. The summed E-state index contributed by atoms with van der Waals surface area (Å²) in [7, 11) is 2.05. The monoisotopic (exact) mass is 333 g/mol. The molecule has 0 aliphatic heterocycles. The Hall–Kier alpha value is -1.79. The van der Waals surface area contributed by atoms with Gasteiger partial charge in [-0.3, -0.25) is 4.90 Å². The maximum absolute atomic E-state index is 13.7. The van der Waals surface area contributed by atoms with E-state index in [0.717, 1.165) is 25.7 Å². The fourth-order valence-corrected chi connectivity index (χ4v) is 3.28. The predicted octanol–water partition coefficient (Wildman–Crippen LogP) is 3.17. The standard InChI is InChI=1S/C18H24FN3O2/c1-12-3-6-14(9-16(12)19)18-20-17(24-21-18)10-22(2)15-7-4-13(11-23)5-8-15/h3,6,9,13,15,23H,4-5,7-8,10-11H2,1-2H3. The Labute approximate surface area is 141 Å². The van der Waals surface area contributed by atoms with Crippen molar-refractivity contribution in [3.8, 4) is 11.4 Å². The van der Waals surface area contributed by atoms with Gasteiger partial charge in [0, 0.05) is 18.2 Å². The van der Waals surface area contributed by atoms with Crippen LogP contribution < -0.4 is 0 Å². The van der Waals surface area contributed by atoms with E-state index in [4.69, 9.17) is 4.52 Å². The lowest BCUT2D eigenvalue weighted by molar-refractivity contribution is 0.116. The highest BCUT2D eigenvalue weighted by Crippen LogP contribution is 2.27. The Morgan fingerprint density at radius 3 is 2.71 bits per heavy atom. The molecule has 1 aromatic carbocycles. The van der Waals surface area contributed by atoms with E-state index in [2.05, 4.69) is 22.1 Å². The molecule has 1 aromatic heterocycles. The summed E-state index contributed by atoms with van der Waals surface area (Å²) in [6.45, 7) is 2.59. The molecule has 1 N–H and O–H groups in total. The Bertz CT molecular complexity index is 681. The molecule has 0 radical (unpaired) electrons. The Morgan fingerprint density at radius 1 is 1.29 bits per heavy atom. The fourth-order valence-electron chi connectivity index (χ4n) is 3.28. The lowest BCUT2D eigenvalue weighted by atomic mass is 9.86. The maximum Gasteiger partial charge on any atom is 0.241 e. The van der Waals surface area contributed by atoms with Gasteiger partial charge in [-0.1, -0.05) is 17.3 Å². The van der Waals surface area contributed by atoms with E-state index >= 15 is 0 Å². The van der Waals surface area contributed by atoms with Crippen LogP contribution in [0.3, 0.4) is 0 Å². The van der Waals surface area contributed by atoms with Crippen molar-refractivity contribution >= 4 is 0 Å². The smallest absolute Gasteiger partial charge is 0.241 e. The molecule has 1 saturated carbocycles. The van der Waals surface area contributed by atoms with E-state index in [9.17, 15) is 9.50 Å². The molecule has 2 aromatic rings. The van der Waals surface area contributed by atoms with Crippen LogP contribution in [0.4, 0.5) is 4.39 Å². The van der Waals surface area contributed by atoms with Crippen LogP contribution in [0.2, 0.25) is 0 Å². The van der Waals surface area contributed by atoms with Gasteiger partial charge in [0.05, 0.1) is 6.54 Å². The van der Waals surface area contributed by atoms with Crippen LogP contribution in [0.5, 0.6) is 0 Å². The summed E-state index contributed by atoms with van der Waals surface area (Å²) in [4.78, 5) is 6.61. The van der Waals surface area contributed by atoms with Crippen LogP contribution in [-0.2, 0) is 6.54 Å². The number of hydrogen-bond acceptors (Lipinski definition) is 5. The molecule has 0 bridgehead atoms. The van der Waals surface area contributed by atoms with Crippen molar-refractivity contribution in [1.29, 1.82) is 0 Å². The second-order valence-electron chi connectivity index (χ2n) is 6.75. The van der Waals surface area contributed by atoms with Crippen LogP contribution in [0.25, 0.3) is 11.4 Å². The van der Waals surface area contributed by atoms with Gasteiger partial charge in [-0.2, -0.15) is 4.98 Å². The molecule has 1 fully saturated rings. The number of aryl methyl sites for hydroxylation is 1. The highest BCUT2D eigenvalue weighted by Gasteiger charge is 2.24. The van der Waals surface area contributed by atoms with Gasteiger partial charge in [0.25, 0.3) is 0 Å². The second-order valence-corrected chi connectivity index (χ2v) is 6.75. The number of aliphatic hydroxyl groups excluding tert-OH is 1. The van der Waals surface area contributed by atoms with Gasteiger partial charge in [0.2, 0.25) is 11.7 Å². The minimum Gasteiger partial charge on any atom is -0.396 e. The van der Waals surface area contributed by atoms with Gasteiger partial charge in [0.15, 0.2) is 0 Å². The van der Waals surface area contributed by atoms with Gasteiger partial charge in [0.1, 0.15) is 5.82 Å². The predicted molar refractivity (Wildman–Crippen MR) is 88.7 cm³/mol. The van der Waals surface area contributed by atoms with Crippen molar-refractivity contribution in [2.24, 2.45) is 5.92 Å². The Balaban J connectivity index is 1.62. The van der Waals surface area contributed by atoms with E-state index < -0.39 is 0 Å². The molecule has 0 unspecified atom stereocenters. The second kappa shape index (κ2) is 7.40. The molecule has 1 aliphatic rings. The topological polar surface area (TPSA) is 62.4 Å². The molecular formula is C18H24FN3O2. The molecule has 24 heavy (non-hydrogen) atoms. The Kier molecular flexibility index (Phi) is 5.26. The lowest BCUT2D eigenvalue weighted by Gasteiger charge is -2.33. The minimum atomic E-state index is -0.267. The van der Waals surface area contributed by atoms with E-state index in [1.807, 2.05) is 0 Å². The molecule has 0 spiro atoms. The molecule has 0 saturated heterocycles. The Morgan fingerprint density at radius 2 is 2.04 bits per heavy atom. The van der Waals surface area contributed by atoms with Gasteiger partial charge >= 0.3 is 0 Å². The third-order valence-electron chi connectivity index (χ3n) is 4.98. The summed E-state index contributed by atoms with van der Waals surface area (Å²) < 4.78 is 19.0. The van der Waals surface area contributed by atoms with Crippen LogP contribution in [0.1, 0.15) is 37.1 Å². The van der Waals surface area contributed by atoms with Crippen molar-refractivity contribution in [3.63, 3.8) is 0 Å². The van der Waals surface area contributed by atoms with Crippen molar-refractivity contribution in [1.82, 2.24) is 15.0 Å². The summed E-state index contributed by atoms with van der Waals surface area (Å²) in [5.41, 5.74) is 1.22. The van der Waals surface area contributed by atoms with Crippen LogP contribution in [-0.4, -0.2) is 39.8 Å². The number of rotatable bonds is 5. The van der Waals surface area contributed by atoms with Crippen molar-refractivity contribution < 1.29 is 14.0 Å². The third kappa shape index (κ3) is 3.82. The van der Waals surface area contributed by atoms with Gasteiger partial charge in [-0.05, 0) is 57.2 Å². The third-order valence-corrected chi connectivity index (χ3v) is 4.98. The number of aliphatic hydroxyl groups is 1. The van der Waals surface area contributed by atoms with Crippen LogP contribution >= 0.6 is 0 Å². The first kappa shape index (κ1) is 17.0. The zero-order valence-electron chi connectivity index (χ0n) is 14.2. The molecular weight excluding hydrogens is 309 g/mol. The normalized spacial score (nSPS) is 21.4. The first-order valence-electron chi connectivity index (χ1n) is 8.47. The minimum absolute atomic E-state index is 0.267. The SMILES string of the molecule is Cc1ccc(-c2noc(CN(C)C3CCC(CO)CC3)n2)cc1F. The summed E-state index contributed by atoms with van der Waals surface area (Å²) in [5.74, 6) is 1.14. The van der Waals surface area contributed by atoms with Crippen molar-refractivity contribution in [3.05, 3.63) is 35.5 Å². The highest BCUT2D eigenvalue weighted by molar-refractivity contribution is 5.54. The van der Waals surface area contributed by atoms with Gasteiger partial charge in [-0.25, -0.2) is 4.39 Å². The lowest BCUT2D eigenvalue weighted by Crippen LogP contribution is -2.35. The number of benzene rings is 1. The maximum atomic E-state index is 13.7. The number of hydrogen-bond donors (Lipinski definition) is 1. The summed E-state index contributed by atoms with van der Waals surface area (Å²) in [6, 6.07) is 5.42. The van der Waals surface area contributed by atoms with Gasteiger partial charge in [-0.15, -0.1) is 0 Å². The number of aromatic nitrogens is 2. The summed E-state index contributed by atoms with van der Waals surface area (Å²) >= 11 is 0. The average Bonchev–Trinajstić information content (AvgIpc) is 3.06. The average molecular weight is 333 g/mol. The van der Waals surface area contributed by atoms with Crippen molar-refractivity contribution in [2.45, 2.75) is 45.2 Å². The van der Waals surface area contributed by atoms with Gasteiger partial charge < -0.3 is 9.63 Å². The summed E-state index contributed by atoms with van der Waals surface area (Å²) in [6.07, 6.45) is 4.27. The van der Waals surface area contributed by atoms with E-state index in [-0.39, 0.29) is 12.4 Å². The zero-order chi connectivity index (χ0) is 17.1.